The Kier molecular flexibility index (Phi) is 6.27. The molecule has 1 fully saturated rings. The van der Waals surface area contributed by atoms with Crippen molar-refractivity contribution < 1.29 is 13.2 Å². The predicted molar refractivity (Wildman–Crippen MR) is 124 cm³/mol. The Morgan fingerprint density at radius 1 is 1.29 bits per heavy atom. The molecule has 162 valence electrons. The number of nitrogens with one attached hydrogen (secondary N) is 2. The maximum atomic E-state index is 12.9. The highest BCUT2D eigenvalue weighted by Gasteiger charge is 2.36. The van der Waals surface area contributed by atoms with Gasteiger partial charge in [0.15, 0.2) is 5.13 Å². The van der Waals surface area contributed by atoms with Gasteiger partial charge in [-0.3, -0.25) is 14.5 Å². The van der Waals surface area contributed by atoms with Gasteiger partial charge < -0.3 is 5.32 Å². The van der Waals surface area contributed by atoms with Crippen LogP contribution in [-0.2, 0) is 14.8 Å². The molecule has 31 heavy (non-hydrogen) atoms. The third kappa shape index (κ3) is 5.06. The molecule has 1 aliphatic rings. The first-order valence-corrected chi connectivity index (χ1v) is 12.7. The maximum absolute atomic E-state index is 12.9. The first-order chi connectivity index (χ1) is 14.9. The molecule has 0 bridgehead atoms. The lowest BCUT2D eigenvalue weighted by Crippen LogP contribution is -2.21. The van der Waals surface area contributed by atoms with Crippen LogP contribution in [0.5, 0.6) is 0 Å². The standard InChI is InChI=1S/C21H21ClN4O3S2/c1-2-16(19-12-30-21(25-19)26-31(28,29)15-6-7-15)20(27)24-18-8-5-13(10-17(18)22)14-4-3-9-23-11-14/h3-5,8-12,15-16H,2,6-7H2,1H3,(H,24,27)(H,25,26). The summed E-state index contributed by atoms with van der Waals surface area (Å²) in [6.07, 6.45) is 5.30. The van der Waals surface area contributed by atoms with Gasteiger partial charge in [-0.1, -0.05) is 30.7 Å². The molecule has 2 heterocycles. The molecule has 1 aromatic carbocycles. The summed E-state index contributed by atoms with van der Waals surface area (Å²) in [6, 6.07) is 9.18. The summed E-state index contributed by atoms with van der Waals surface area (Å²) >= 11 is 7.58. The molecule has 0 spiro atoms. The van der Waals surface area contributed by atoms with Crippen LogP contribution in [-0.4, -0.2) is 29.5 Å². The zero-order valence-electron chi connectivity index (χ0n) is 16.7. The van der Waals surface area contributed by atoms with Gasteiger partial charge in [-0.15, -0.1) is 11.3 Å². The number of hydrogen-bond donors (Lipinski definition) is 2. The van der Waals surface area contributed by atoms with Crippen LogP contribution in [0.1, 0.15) is 37.8 Å². The Bertz CT molecular complexity index is 1190. The highest BCUT2D eigenvalue weighted by molar-refractivity contribution is 7.93. The second kappa shape index (κ2) is 8.94. The van der Waals surface area contributed by atoms with Gasteiger partial charge in [0, 0.05) is 23.3 Å². The number of rotatable bonds is 8. The smallest absolute Gasteiger partial charge is 0.237 e. The van der Waals surface area contributed by atoms with Crippen molar-refractivity contribution in [2.45, 2.75) is 37.4 Å². The number of anilines is 2. The normalized spacial score (nSPS) is 14.8. The van der Waals surface area contributed by atoms with Crippen molar-refractivity contribution in [1.82, 2.24) is 9.97 Å². The van der Waals surface area contributed by atoms with Gasteiger partial charge in [-0.2, -0.15) is 0 Å². The summed E-state index contributed by atoms with van der Waals surface area (Å²) in [5.41, 5.74) is 2.86. The lowest BCUT2D eigenvalue weighted by molar-refractivity contribution is -0.117. The summed E-state index contributed by atoms with van der Waals surface area (Å²) in [5.74, 6) is -0.773. The number of carbonyl (C=O) groups is 1. The van der Waals surface area contributed by atoms with Gasteiger partial charge in [0.2, 0.25) is 15.9 Å². The van der Waals surface area contributed by atoms with E-state index < -0.39 is 15.9 Å². The maximum Gasteiger partial charge on any atom is 0.237 e. The number of carbonyl (C=O) groups excluding carboxylic acids is 1. The molecule has 1 atom stereocenters. The van der Waals surface area contributed by atoms with E-state index in [1.54, 1.807) is 29.9 Å². The lowest BCUT2D eigenvalue weighted by atomic mass is 10.0. The average Bonchev–Trinajstić information content (AvgIpc) is 3.53. The van der Waals surface area contributed by atoms with Crippen molar-refractivity contribution in [3.8, 4) is 11.1 Å². The molecule has 1 amide bonds. The van der Waals surface area contributed by atoms with Crippen molar-refractivity contribution in [2.24, 2.45) is 0 Å². The molecule has 1 aliphatic carbocycles. The van der Waals surface area contributed by atoms with Crippen molar-refractivity contribution in [2.75, 3.05) is 10.0 Å². The number of halogens is 1. The van der Waals surface area contributed by atoms with E-state index in [-0.39, 0.29) is 16.3 Å². The largest absolute Gasteiger partial charge is 0.324 e. The van der Waals surface area contributed by atoms with E-state index >= 15 is 0 Å². The first-order valence-electron chi connectivity index (χ1n) is 9.85. The fourth-order valence-electron chi connectivity index (χ4n) is 3.15. The van der Waals surface area contributed by atoms with Crippen LogP contribution in [0.3, 0.4) is 0 Å². The highest BCUT2D eigenvalue weighted by Crippen LogP contribution is 2.33. The lowest BCUT2D eigenvalue weighted by Gasteiger charge is -2.14. The minimum atomic E-state index is -3.39. The van der Waals surface area contributed by atoms with Crippen molar-refractivity contribution >= 4 is 49.7 Å². The Morgan fingerprint density at radius 2 is 2.10 bits per heavy atom. The highest BCUT2D eigenvalue weighted by atomic mass is 35.5. The molecule has 0 aliphatic heterocycles. The number of amides is 1. The van der Waals surface area contributed by atoms with E-state index in [2.05, 4.69) is 20.0 Å². The minimum Gasteiger partial charge on any atom is -0.324 e. The molecule has 2 aromatic heterocycles. The Balaban J connectivity index is 1.47. The molecule has 0 radical (unpaired) electrons. The van der Waals surface area contributed by atoms with Gasteiger partial charge in [0.1, 0.15) is 0 Å². The zero-order valence-corrected chi connectivity index (χ0v) is 19.1. The Morgan fingerprint density at radius 3 is 2.74 bits per heavy atom. The molecule has 1 unspecified atom stereocenters. The van der Waals surface area contributed by atoms with E-state index in [1.165, 1.54) is 11.3 Å². The molecule has 0 saturated heterocycles. The summed E-state index contributed by atoms with van der Waals surface area (Å²) in [6.45, 7) is 1.88. The van der Waals surface area contributed by atoms with Gasteiger partial charge >= 0.3 is 0 Å². The molecule has 2 N–H and O–H groups in total. The van der Waals surface area contributed by atoms with Crippen molar-refractivity contribution in [1.29, 1.82) is 0 Å². The van der Waals surface area contributed by atoms with Crippen LogP contribution in [0, 0.1) is 0 Å². The van der Waals surface area contributed by atoms with E-state index in [0.29, 0.717) is 35.7 Å². The van der Waals surface area contributed by atoms with E-state index in [0.717, 1.165) is 11.1 Å². The third-order valence-electron chi connectivity index (χ3n) is 5.02. The number of pyridine rings is 1. The number of hydrogen-bond acceptors (Lipinski definition) is 6. The van der Waals surface area contributed by atoms with Crippen LogP contribution in [0.4, 0.5) is 10.8 Å². The van der Waals surface area contributed by atoms with Crippen LogP contribution < -0.4 is 10.0 Å². The fourth-order valence-corrected chi connectivity index (χ4v) is 5.74. The monoisotopic (exact) mass is 476 g/mol. The van der Waals surface area contributed by atoms with Crippen LogP contribution in [0.2, 0.25) is 5.02 Å². The topological polar surface area (TPSA) is 101 Å². The predicted octanol–water partition coefficient (Wildman–Crippen LogP) is 4.89. The number of aromatic nitrogens is 2. The van der Waals surface area contributed by atoms with Gasteiger partial charge in [0.25, 0.3) is 0 Å². The summed E-state index contributed by atoms with van der Waals surface area (Å²) in [5, 5.41) is 4.95. The minimum absolute atomic E-state index is 0.250. The fraction of sp³-hybridized carbons (Fsp3) is 0.286. The number of sulfonamides is 1. The summed E-state index contributed by atoms with van der Waals surface area (Å²) in [4.78, 5) is 21.4. The van der Waals surface area contributed by atoms with E-state index in [9.17, 15) is 13.2 Å². The number of nitrogens with zero attached hydrogens (tertiary/aromatic N) is 2. The Labute approximate surface area is 189 Å². The summed E-state index contributed by atoms with van der Waals surface area (Å²) < 4.78 is 26.7. The SMILES string of the molecule is CCC(C(=O)Nc1ccc(-c2cccnc2)cc1Cl)c1csc(NS(=O)(=O)C2CC2)n1. The third-order valence-corrected chi connectivity index (χ3v) is 8.06. The molecular weight excluding hydrogens is 456 g/mol. The van der Waals surface area contributed by atoms with Gasteiger partial charge in [0.05, 0.1) is 27.6 Å². The molecule has 10 heteroatoms. The number of thiazole rings is 1. The molecule has 1 saturated carbocycles. The molecular formula is C21H21ClN4O3S2. The van der Waals surface area contributed by atoms with Crippen molar-refractivity contribution in [3.63, 3.8) is 0 Å². The van der Waals surface area contributed by atoms with Crippen molar-refractivity contribution in [3.05, 3.63) is 58.8 Å². The van der Waals surface area contributed by atoms with Crippen LogP contribution in [0.15, 0.2) is 48.1 Å². The molecule has 7 nitrogen and oxygen atoms in total. The van der Waals surface area contributed by atoms with Crippen LogP contribution >= 0.6 is 22.9 Å². The second-order valence-corrected chi connectivity index (χ2v) is 10.5. The quantitative estimate of drug-likeness (QED) is 0.481. The Hall–Kier alpha value is -2.49. The average molecular weight is 477 g/mol. The van der Waals surface area contributed by atoms with E-state index in [4.69, 9.17) is 11.6 Å². The van der Waals surface area contributed by atoms with E-state index in [1.807, 2.05) is 25.1 Å². The molecule has 3 aromatic rings. The van der Waals surface area contributed by atoms with Crippen LogP contribution in [0.25, 0.3) is 11.1 Å². The van der Waals surface area contributed by atoms with Gasteiger partial charge in [-0.05, 0) is 43.0 Å². The zero-order chi connectivity index (χ0) is 22.0. The first kappa shape index (κ1) is 21.7. The molecule has 4 rings (SSSR count). The summed E-state index contributed by atoms with van der Waals surface area (Å²) in [7, 11) is -3.39. The number of benzene rings is 1. The van der Waals surface area contributed by atoms with Gasteiger partial charge in [-0.25, -0.2) is 13.4 Å². The second-order valence-electron chi connectivity index (χ2n) is 7.31.